The van der Waals surface area contributed by atoms with Gasteiger partial charge in [0.2, 0.25) is 0 Å². The highest BCUT2D eigenvalue weighted by Crippen LogP contribution is 2.21. The molecule has 0 saturated carbocycles. The van der Waals surface area contributed by atoms with Crippen molar-refractivity contribution < 1.29 is 9.53 Å². The van der Waals surface area contributed by atoms with E-state index in [9.17, 15) is 4.79 Å². The van der Waals surface area contributed by atoms with Crippen molar-refractivity contribution in [2.45, 2.75) is 6.54 Å². The van der Waals surface area contributed by atoms with E-state index in [2.05, 4.69) is 14.8 Å². The molecule has 2 aromatic heterocycles. The molecule has 0 radical (unpaired) electrons. The number of ether oxygens (including phenoxy) is 1. The molecular formula is C11H14N4O2S. The second-order valence-electron chi connectivity index (χ2n) is 3.89. The van der Waals surface area contributed by atoms with Gasteiger partial charge in [0.25, 0.3) is 0 Å². The first-order valence-electron chi connectivity index (χ1n) is 5.32. The van der Waals surface area contributed by atoms with Crippen molar-refractivity contribution in [3.63, 3.8) is 0 Å². The maximum Gasteiger partial charge on any atom is 0.357 e. The van der Waals surface area contributed by atoms with Crippen LogP contribution in [0.2, 0.25) is 0 Å². The number of methoxy groups -OCH3 is 1. The van der Waals surface area contributed by atoms with Gasteiger partial charge in [-0.25, -0.2) is 9.78 Å². The normalized spacial score (nSPS) is 10.4. The van der Waals surface area contributed by atoms with Crippen LogP contribution in [0.15, 0.2) is 17.8 Å². The third kappa shape index (κ3) is 2.67. The third-order valence-corrected chi connectivity index (χ3v) is 3.35. The monoisotopic (exact) mass is 266 g/mol. The van der Waals surface area contributed by atoms with Crippen molar-refractivity contribution in [2.75, 3.05) is 19.1 Å². The van der Waals surface area contributed by atoms with Gasteiger partial charge in [0, 0.05) is 37.8 Å². The quantitative estimate of drug-likeness (QED) is 0.781. The van der Waals surface area contributed by atoms with Crippen LogP contribution in [0.25, 0.3) is 0 Å². The second-order valence-corrected chi connectivity index (χ2v) is 4.72. The second kappa shape index (κ2) is 5.18. The number of aromatic nitrogens is 3. The zero-order valence-electron chi connectivity index (χ0n) is 10.5. The fourth-order valence-corrected chi connectivity index (χ4v) is 2.29. The Hall–Kier alpha value is -1.89. The smallest absolute Gasteiger partial charge is 0.357 e. The molecule has 0 N–H and O–H groups in total. The summed E-state index contributed by atoms with van der Waals surface area (Å²) in [7, 11) is 5.15. The fraction of sp³-hybridized carbons (Fsp3) is 0.364. The molecule has 0 amide bonds. The van der Waals surface area contributed by atoms with E-state index < -0.39 is 5.97 Å². The fourth-order valence-electron chi connectivity index (χ4n) is 1.53. The number of carbonyl (C=O) groups excluding carboxylic acids is 1. The molecular weight excluding hydrogens is 252 g/mol. The Morgan fingerprint density at radius 2 is 2.39 bits per heavy atom. The van der Waals surface area contributed by atoms with Crippen molar-refractivity contribution in [1.29, 1.82) is 0 Å². The molecule has 6 nitrogen and oxygen atoms in total. The number of nitrogens with zero attached hydrogens (tertiary/aromatic N) is 4. The molecule has 0 spiro atoms. The van der Waals surface area contributed by atoms with E-state index in [1.807, 2.05) is 31.4 Å². The van der Waals surface area contributed by atoms with Crippen molar-refractivity contribution >= 4 is 22.4 Å². The lowest BCUT2D eigenvalue weighted by Gasteiger charge is -2.13. The minimum atomic E-state index is -0.410. The zero-order valence-corrected chi connectivity index (χ0v) is 11.3. The predicted molar refractivity (Wildman–Crippen MR) is 68.8 cm³/mol. The van der Waals surface area contributed by atoms with E-state index >= 15 is 0 Å². The first-order valence-corrected chi connectivity index (χ1v) is 6.20. The lowest BCUT2D eigenvalue weighted by atomic mass is 10.3. The van der Waals surface area contributed by atoms with Gasteiger partial charge in [0.05, 0.1) is 13.3 Å². The summed E-state index contributed by atoms with van der Waals surface area (Å²) in [6.45, 7) is 0.696. The highest BCUT2D eigenvalue weighted by Gasteiger charge is 2.13. The maximum atomic E-state index is 11.3. The summed E-state index contributed by atoms with van der Waals surface area (Å²) in [6.07, 6.45) is 3.76. The van der Waals surface area contributed by atoms with Crippen molar-refractivity contribution in [1.82, 2.24) is 14.8 Å². The SMILES string of the molecule is COC(=O)c1csc(N(C)Cc2cnn(C)c2)n1. The van der Waals surface area contributed by atoms with Crippen LogP contribution in [0.5, 0.6) is 0 Å². The summed E-state index contributed by atoms with van der Waals surface area (Å²) in [4.78, 5) is 17.5. The topological polar surface area (TPSA) is 60.2 Å². The number of esters is 1. The highest BCUT2D eigenvalue weighted by atomic mass is 32.1. The van der Waals surface area contributed by atoms with E-state index in [0.29, 0.717) is 12.2 Å². The Bertz CT molecular complexity index is 549. The van der Waals surface area contributed by atoms with Gasteiger partial charge in [0.1, 0.15) is 0 Å². The number of anilines is 1. The standard InChI is InChI=1S/C11H14N4O2S/c1-14(5-8-4-12-15(2)6-8)11-13-9(7-18-11)10(16)17-3/h4,6-7H,5H2,1-3H3. The molecule has 0 unspecified atom stereocenters. The lowest BCUT2D eigenvalue weighted by molar-refractivity contribution is 0.0595. The van der Waals surface area contributed by atoms with E-state index in [0.717, 1.165) is 10.7 Å². The summed E-state index contributed by atoms with van der Waals surface area (Å²) in [5.41, 5.74) is 1.44. The van der Waals surface area contributed by atoms with Crippen LogP contribution in [0, 0.1) is 0 Å². The summed E-state index contributed by atoms with van der Waals surface area (Å²) in [6, 6.07) is 0. The molecule has 0 aliphatic carbocycles. The average molecular weight is 266 g/mol. The van der Waals surface area contributed by atoms with Gasteiger partial charge in [-0.3, -0.25) is 4.68 Å². The van der Waals surface area contributed by atoms with Gasteiger partial charge >= 0.3 is 5.97 Å². The number of thiazole rings is 1. The first kappa shape index (κ1) is 12.6. The summed E-state index contributed by atoms with van der Waals surface area (Å²) in [5.74, 6) is -0.410. The molecule has 96 valence electrons. The van der Waals surface area contributed by atoms with Crippen LogP contribution in [0.3, 0.4) is 0 Å². The Morgan fingerprint density at radius 1 is 1.61 bits per heavy atom. The molecule has 18 heavy (non-hydrogen) atoms. The number of rotatable bonds is 4. The average Bonchev–Trinajstić information content (AvgIpc) is 2.97. The minimum absolute atomic E-state index is 0.343. The van der Waals surface area contributed by atoms with Crippen LogP contribution in [0.1, 0.15) is 16.1 Å². The Morgan fingerprint density at radius 3 is 3.00 bits per heavy atom. The van der Waals surface area contributed by atoms with Gasteiger partial charge in [-0.05, 0) is 0 Å². The number of carbonyl (C=O) groups is 1. The van der Waals surface area contributed by atoms with Gasteiger partial charge in [-0.2, -0.15) is 5.10 Å². The summed E-state index contributed by atoms with van der Waals surface area (Å²) < 4.78 is 6.38. The number of hydrogen-bond donors (Lipinski definition) is 0. The van der Waals surface area contributed by atoms with Crippen molar-refractivity contribution in [3.8, 4) is 0 Å². The van der Waals surface area contributed by atoms with Gasteiger partial charge in [-0.15, -0.1) is 11.3 Å². The van der Waals surface area contributed by atoms with Crippen LogP contribution < -0.4 is 4.90 Å². The Labute approximate surface area is 109 Å². The minimum Gasteiger partial charge on any atom is -0.464 e. The van der Waals surface area contributed by atoms with E-state index in [-0.39, 0.29) is 0 Å². The Kier molecular flexibility index (Phi) is 3.61. The molecule has 0 fully saturated rings. The molecule has 0 bridgehead atoms. The molecule has 2 rings (SSSR count). The summed E-state index contributed by atoms with van der Waals surface area (Å²) >= 11 is 1.41. The Balaban J connectivity index is 2.07. The molecule has 0 aromatic carbocycles. The van der Waals surface area contributed by atoms with E-state index in [1.54, 1.807) is 10.1 Å². The summed E-state index contributed by atoms with van der Waals surface area (Å²) in [5, 5.41) is 6.58. The van der Waals surface area contributed by atoms with Crippen LogP contribution in [-0.2, 0) is 18.3 Å². The van der Waals surface area contributed by atoms with Crippen molar-refractivity contribution in [2.24, 2.45) is 7.05 Å². The molecule has 7 heteroatoms. The lowest BCUT2D eigenvalue weighted by Crippen LogP contribution is -2.16. The van der Waals surface area contributed by atoms with Gasteiger partial charge in [0.15, 0.2) is 10.8 Å². The third-order valence-electron chi connectivity index (χ3n) is 2.39. The largest absolute Gasteiger partial charge is 0.464 e. The molecule has 2 aromatic rings. The van der Waals surface area contributed by atoms with Gasteiger partial charge in [-0.1, -0.05) is 0 Å². The van der Waals surface area contributed by atoms with Crippen molar-refractivity contribution in [3.05, 3.63) is 29.0 Å². The predicted octanol–water partition coefficient (Wildman–Crippen LogP) is 1.30. The maximum absolute atomic E-state index is 11.3. The molecule has 0 aliphatic rings. The van der Waals surface area contributed by atoms with Crippen LogP contribution >= 0.6 is 11.3 Å². The zero-order chi connectivity index (χ0) is 13.1. The molecule has 0 atom stereocenters. The first-order chi connectivity index (χ1) is 8.60. The van der Waals surface area contributed by atoms with Gasteiger partial charge < -0.3 is 9.64 Å². The molecule has 2 heterocycles. The van der Waals surface area contributed by atoms with E-state index in [1.165, 1.54) is 18.4 Å². The number of hydrogen-bond acceptors (Lipinski definition) is 6. The highest BCUT2D eigenvalue weighted by molar-refractivity contribution is 7.13. The molecule has 0 saturated heterocycles. The molecule has 0 aliphatic heterocycles. The van der Waals surface area contributed by atoms with Crippen LogP contribution in [-0.4, -0.2) is 34.9 Å². The van der Waals surface area contributed by atoms with Crippen LogP contribution in [0.4, 0.5) is 5.13 Å². The van der Waals surface area contributed by atoms with E-state index in [4.69, 9.17) is 0 Å². The number of aryl methyl sites for hydroxylation is 1.